The number of carboxylic acid groups (broad SMARTS) is 1. The number of carbonyl (C=O) groups excluding carboxylic acids is 2. The molecule has 0 aliphatic heterocycles. The predicted octanol–water partition coefficient (Wildman–Crippen LogP) is 3.87. The molecule has 0 aliphatic rings. The van der Waals surface area contributed by atoms with Crippen LogP contribution in [0.1, 0.15) is 57.4 Å². The summed E-state index contributed by atoms with van der Waals surface area (Å²) in [6.07, 6.45) is 0.715. The van der Waals surface area contributed by atoms with Crippen molar-refractivity contribution in [2.45, 2.75) is 20.8 Å². The Kier molecular flexibility index (Phi) is 10.3. The van der Waals surface area contributed by atoms with Gasteiger partial charge in [0.05, 0.1) is 11.8 Å². The second-order valence-electron chi connectivity index (χ2n) is 10.0. The standard InChI is InChI=1S/C27H28N4O4.CH4O3S/c1-27(2,3)15-30-24(32)17-10-13-20(22(14-17)26(34)35)19-6-4-5-7-21(19)25(33)31-18-11-8-16(9-12-18)23(28)29;1-5(2,3)4/h4-14H,15H2,1-3H3,(H3,28,29)(H,30,32)(H,31,33)(H,34,35);1H3,(H,2,3,4). The lowest BCUT2D eigenvalue weighted by Crippen LogP contribution is -2.32. The zero-order valence-electron chi connectivity index (χ0n) is 22.5. The Bertz CT molecular complexity index is 1520. The van der Waals surface area contributed by atoms with Crippen molar-refractivity contribution < 1.29 is 32.5 Å². The van der Waals surface area contributed by atoms with E-state index in [1.54, 1.807) is 60.7 Å². The van der Waals surface area contributed by atoms with E-state index in [0.717, 1.165) is 0 Å². The lowest BCUT2D eigenvalue weighted by atomic mass is 9.93. The van der Waals surface area contributed by atoms with E-state index in [2.05, 4.69) is 10.6 Å². The third-order valence-corrected chi connectivity index (χ3v) is 5.21. The highest BCUT2D eigenvalue weighted by Gasteiger charge is 2.21. The Labute approximate surface area is 232 Å². The fraction of sp³-hybridized carbons (Fsp3) is 0.214. The highest BCUT2D eigenvalue weighted by Crippen LogP contribution is 2.29. The third-order valence-electron chi connectivity index (χ3n) is 5.21. The van der Waals surface area contributed by atoms with Crippen LogP contribution >= 0.6 is 0 Å². The van der Waals surface area contributed by atoms with E-state index in [-0.39, 0.29) is 33.8 Å². The quantitative estimate of drug-likeness (QED) is 0.140. The molecule has 3 aromatic rings. The summed E-state index contributed by atoms with van der Waals surface area (Å²) < 4.78 is 25.9. The second-order valence-corrected chi connectivity index (χ2v) is 11.5. The Balaban J connectivity index is 0.00000103. The maximum absolute atomic E-state index is 13.1. The number of nitrogens with one attached hydrogen (secondary N) is 3. The number of hydrogen-bond donors (Lipinski definition) is 6. The lowest BCUT2D eigenvalue weighted by molar-refractivity contribution is 0.0697. The van der Waals surface area contributed by atoms with Gasteiger partial charge in [-0.2, -0.15) is 8.42 Å². The first kappa shape index (κ1) is 31.7. The highest BCUT2D eigenvalue weighted by molar-refractivity contribution is 7.85. The number of hydrogen-bond acceptors (Lipinski definition) is 6. The molecule has 40 heavy (non-hydrogen) atoms. The van der Waals surface area contributed by atoms with Crippen LogP contribution in [0.4, 0.5) is 5.69 Å². The summed E-state index contributed by atoms with van der Waals surface area (Å²) in [6, 6.07) is 17.6. The second kappa shape index (κ2) is 13.0. The smallest absolute Gasteiger partial charge is 0.336 e. The van der Waals surface area contributed by atoms with Gasteiger partial charge >= 0.3 is 5.97 Å². The van der Waals surface area contributed by atoms with Gasteiger partial charge in [-0.05, 0) is 59.0 Å². The molecule has 7 N–H and O–H groups in total. The van der Waals surface area contributed by atoms with Crippen LogP contribution in [-0.2, 0) is 10.1 Å². The number of carboxylic acids is 1. The predicted molar refractivity (Wildman–Crippen MR) is 154 cm³/mol. The number of nitrogen functional groups attached to an aromatic ring is 1. The van der Waals surface area contributed by atoms with Crippen molar-refractivity contribution in [3.8, 4) is 11.1 Å². The van der Waals surface area contributed by atoms with Crippen LogP contribution in [-0.4, -0.2) is 54.5 Å². The summed E-state index contributed by atoms with van der Waals surface area (Å²) in [6.45, 7) is 6.39. The molecule has 212 valence electrons. The van der Waals surface area contributed by atoms with Gasteiger partial charge < -0.3 is 21.5 Å². The average Bonchev–Trinajstić information content (AvgIpc) is 2.85. The topological polar surface area (TPSA) is 200 Å². The van der Waals surface area contributed by atoms with Gasteiger partial charge in [0.1, 0.15) is 5.84 Å². The normalized spacial score (nSPS) is 11.0. The molecule has 0 spiro atoms. The largest absolute Gasteiger partial charge is 0.478 e. The minimum atomic E-state index is -3.67. The Morgan fingerprint density at radius 1 is 0.875 bits per heavy atom. The van der Waals surface area contributed by atoms with Crippen molar-refractivity contribution in [2.24, 2.45) is 11.1 Å². The van der Waals surface area contributed by atoms with Gasteiger partial charge in [0.25, 0.3) is 21.9 Å². The molecule has 0 fully saturated rings. The van der Waals surface area contributed by atoms with Gasteiger partial charge in [-0.25, -0.2) is 4.79 Å². The summed E-state index contributed by atoms with van der Waals surface area (Å²) in [5.74, 6) is -2.08. The number of amides is 2. The molecule has 0 unspecified atom stereocenters. The number of benzene rings is 3. The number of aromatic carboxylic acids is 1. The van der Waals surface area contributed by atoms with Gasteiger partial charge in [-0.3, -0.25) is 19.6 Å². The highest BCUT2D eigenvalue weighted by atomic mass is 32.2. The SMILES string of the molecule is CC(C)(C)CNC(=O)c1ccc(-c2ccccc2C(=O)Nc2ccc(C(=N)N)cc2)c(C(=O)O)c1.CS(=O)(=O)O. The van der Waals surface area contributed by atoms with Crippen LogP contribution in [0, 0.1) is 10.8 Å². The first-order valence-electron chi connectivity index (χ1n) is 11.9. The zero-order chi connectivity index (χ0) is 30.3. The maximum Gasteiger partial charge on any atom is 0.336 e. The van der Waals surface area contributed by atoms with Crippen molar-refractivity contribution in [2.75, 3.05) is 18.1 Å². The minimum Gasteiger partial charge on any atom is -0.478 e. The number of carbonyl (C=O) groups is 3. The summed E-state index contributed by atoms with van der Waals surface area (Å²) >= 11 is 0. The Morgan fingerprint density at radius 3 is 1.93 bits per heavy atom. The Morgan fingerprint density at radius 2 is 1.40 bits per heavy atom. The molecule has 0 heterocycles. The van der Waals surface area contributed by atoms with Crippen molar-refractivity contribution >= 4 is 39.4 Å². The molecule has 3 rings (SSSR count). The van der Waals surface area contributed by atoms with Crippen LogP contribution in [0.5, 0.6) is 0 Å². The lowest BCUT2D eigenvalue weighted by Gasteiger charge is -2.19. The summed E-state index contributed by atoms with van der Waals surface area (Å²) in [4.78, 5) is 37.7. The van der Waals surface area contributed by atoms with E-state index < -0.39 is 22.0 Å². The van der Waals surface area contributed by atoms with E-state index in [9.17, 15) is 27.9 Å². The van der Waals surface area contributed by atoms with Crippen LogP contribution in [0.3, 0.4) is 0 Å². The monoisotopic (exact) mass is 568 g/mol. The Hall–Kier alpha value is -4.55. The van der Waals surface area contributed by atoms with Gasteiger partial charge in [0.2, 0.25) is 0 Å². The van der Waals surface area contributed by atoms with Crippen LogP contribution in [0.2, 0.25) is 0 Å². The fourth-order valence-electron chi connectivity index (χ4n) is 3.39. The number of amidine groups is 1. The van der Waals surface area contributed by atoms with Gasteiger partial charge in [0.15, 0.2) is 0 Å². The van der Waals surface area contributed by atoms with Crippen molar-refractivity contribution in [3.05, 3.63) is 89.0 Å². The minimum absolute atomic E-state index is 0.0787. The first-order chi connectivity index (χ1) is 18.5. The van der Waals surface area contributed by atoms with Gasteiger partial charge in [0, 0.05) is 28.9 Å². The molecule has 0 saturated carbocycles. The number of nitrogens with two attached hydrogens (primary N) is 1. The molecular formula is C28H32N4O7S. The molecule has 11 nitrogen and oxygen atoms in total. The molecule has 0 aromatic heterocycles. The van der Waals surface area contributed by atoms with E-state index in [0.29, 0.717) is 35.2 Å². The zero-order valence-corrected chi connectivity index (χ0v) is 23.3. The number of rotatable bonds is 7. The van der Waals surface area contributed by atoms with Crippen LogP contribution in [0.15, 0.2) is 66.7 Å². The molecule has 0 radical (unpaired) electrons. The van der Waals surface area contributed by atoms with Crippen LogP contribution in [0.25, 0.3) is 11.1 Å². The van der Waals surface area contributed by atoms with E-state index in [4.69, 9.17) is 15.7 Å². The van der Waals surface area contributed by atoms with Crippen molar-refractivity contribution in [1.82, 2.24) is 5.32 Å². The van der Waals surface area contributed by atoms with E-state index in [1.165, 1.54) is 6.07 Å². The molecule has 12 heteroatoms. The molecule has 0 atom stereocenters. The van der Waals surface area contributed by atoms with Crippen molar-refractivity contribution in [1.29, 1.82) is 5.41 Å². The van der Waals surface area contributed by atoms with Crippen molar-refractivity contribution in [3.63, 3.8) is 0 Å². The summed E-state index contributed by atoms with van der Waals surface area (Å²) in [5.41, 5.74) is 7.53. The third kappa shape index (κ3) is 9.97. The van der Waals surface area contributed by atoms with E-state index in [1.807, 2.05) is 20.8 Å². The molecular weight excluding hydrogens is 536 g/mol. The first-order valence-corrected chi connectivity index (χ1v) is 13.7. The molecule has 0 saturated heterocycles. The maximum atomic E-state index is 13.1. The van der Waals surface area contributed by atoms with E-state index >= 15 is 0 Å². The van der Waals surface area contributed by atoms with Gasteiger partial charge in [-0.15, -0.1) is 0 Å². The van der Waals surface area contributed by atoms with Crippen LogP contribution < -0.4 is 16.4 Å². The fourth-order valence-corrected chi connectivity index (χ4v) is 3.39. The molecule has 0 bridgehead atoms. The molecule has 0 aliphatic carbocycles. The summed E-state index contributed by atoms with van der Waals surface area (Å²) in [7, 11) is -3.67. The average molecular weight is 569 g/mol. The van der Waals surface area contributed by atoms with Gasteiger partial charge in [-0.1, -0.05) is 45.0 Å². The summed E-state index contributed by atoms with van der Waals surface area (Å²) in [5, 5.41) is 22.9. The number of anilines is 1. The molecule has 3 aromatic carbocycles. The molecule has 2 amide bonds.